The van der Waals surface area contributed by atoms with Crippen molar-refractivity contribution < 1.29 is 5.11 Å². The third-order valence-electron chi connectivity index (χ3n) is 3.08. The van der Waals surface area contributed by atoms with E-state index in [0.29, 0.717) is 0 Å². The van der Waals surface area contributed by atoms with Crippen LogP contribution in [0.1, 0.15) is 12.0 Å². The van der Waals surface area contributed by atoms with Crippen molar-refractivity contribution in [2.24, 2.45) is 0 Å². The van der Waals surface area contributed by atoms with Gasteiger partial charge in [-0.25, -0.2) is 0 Å². The lowest BCUT2D eigenvalue weighted by Gasteiger charge is -2.17. The lowest BCUT2D eigenvalue weighted by atomic mass is 9.99. The Morgan fingerprint density at radius 1 is 1.00 bits per heavy atom. The van der Waals surface area contributed by atoms with Crippen molar-refractivity contribution in [1.29, 1.82) is 0 Å². The van der Waals surface area contributed by atoms with Gasteiger partial charge < -0.3 is 10.0 Å². The standard InChI is InChI=1S/C15H19NO/c1-16(2)15-10-9-12(6-5-11-17)13-7-3-4-8-14(13)15/h3-4,7-10,17H,5-6,11H2,1-2H3. The van der Waals surface area contributed by atoms with Crippen LogP contribution in [-0.4, -0.2) is 25.8 Å². The van der Waals surface area contributed by atoms with Gasteiger partial charge >= 0.3 is 0 Å². The summed E-state index contributed by atoms with van der Waals surface area (Å²) in [7, 11) is 4.13. The highest BCUT2D eigenvalue weighted by Crippen LogP contribution is 2.28. The van der Waals surface area contributed by atoms with Crippen molar-refractivity contribution in [2.75, 3.05) is 25.6 Å². The van der Waals surface area contributed by atoms with Gasteiger partial charge in [0.05, 0.1) is 0 Å². The topological polar surface area (TPSA) is 23.5 Å². The van der Waals surface area contributed by atoms with Gasteiger partial charge in [-0.1, -0.05) is 30.3 Å². The van der Waals surface area contributed by atoms with E-state index in [1.807, 2.05) is 0 Å². The van der Waals surface area contributed by atoms with Gasteiger partial charge in [0.2, 0.25) is 0 Å². The van der Waals surface area contributed by atoms with Gasteiger partial charge in [-0.2, -0.15) is 0 Å². The molecule has 0 spiro atoms. The number of aliphatic hydroxyl groups is 1. The van der Waals surface area contributed by atoms with Gasteiger partial charge in [-0.15, -0.1) is 0 Å². The number of aliphatic hydroxyl groups excluding tert-OH is 1. The second-order valence-electron chi connectivity index (χ2n) is 4.51. The zero-order chi connectivity index (χ0) is 12.3. The third-order valence-corrected chi connectivity index (χ3v) is 3.08. The molecule has 2 aromatic carbocycles. The van der Waals surface area contributed by atoms with Gasteiger partial charge in [0.15, 0.2) is 0 Å². The molecule has 0 bridgehead atoms. The number of anilines is 1. The van der Waals surface area contributed by atoms with Crippen LogP contribution in [0, 0.1) is 0 Å². The lowest BCUT2D eigenvalue weighted by Crippen LogP contribution is -2.09. The Kier molecular flexibility index (Phi) is 3.64. The Labute approximate surface area is 102 Å². The minimum atomic E-state index is 0.254. The maximum atomic E-state index is 8.93. The molecule has 90 valence electrons. The largest absolute Gasteiger partial charge is 0.396 e. The van der Waals surface area contributed by atoms with Crippen molar-refractivity contribution in [3.05, 3.63) is 42.0 Å². The molecule has 17 heavy (non-hydrogen) atoms. The van der Waals surface area contributed by atoms with Gasteiger partial charge in [-0.05, 0) is 29.9 Å². The molecule has 0 saturated heterocycles. The van der Waals surface area contributed by atoms with E-state index >= 15 is 0 Å². The van der Waals surface area contributed by atoms with Crippen LogP contribution in [0.4, 0.5) is 5.69 Å². The van der Waals surface area contributed by atoms with Crippen LogP contribution in [0.25, 0.3) is 10.8 Å². The lowest BCUT2D eigenvalue weighted by molar-refractivity contribution is 0.289. The number of aryl methyl sites for hydroxylation is 1. The highest BCUT2D eigenvalue weighted by atomic mass is 16.2. The third kappa shape index (κ3) is 2.42. The first-order valence-corrected chi connectivity index (χ1v) is 6.03. The number of rotatable bonds is 4. The molecule has 0 amide bonds. The smallest absolute Gasteiger partial charge is 0.0440 e. The first-order chi connectivity index (χ1) is 8.24. The molecule has 0 aromatic heterocycles. The van der Waals surface area contributed by atoms with E-state index in [1.54, 1.807) is 0 Å². The molecule has 0 fully saturated rings. The molecule has 0 unspecified atom stereocenters. The van der Waals surface area contributed by atoms with Crippen LogP contribution in [0.2, 0.25) is 0 Å². The van der Waals surface area contributed by atoms with Crippen LogP contribution in [0.3, 0.4) is 0 Å². The number of benzene rings is 2. The molecule has 0 atom stereocenters. The molecule has 2 aromatic rings. The number of hydrogen-bond donors (Lipinski definition) is 1. The van der Waals surface area contributed by atoms with E-state index in [9.17, 15) is 0 Å². The maximum Gasteiger partial charge on any atom is 0.0440 e. The molecule has 0 aliphatic carbocycles. The molecule has 1 N–H and O–H groups in total. The van der Waals surface area contributed by atoms with Gasteiger partial charge in [-0.3, -0.25) is 0 Å². The number of hydrogen-bond acceptors (Lipinski definition) is 2. The monoisotopic (exact) mass is 229 g/mol. The molecule has 0 aliphatic heterocycles. The molecule has 2 rings (SSSR count). The van der Waals surface area contributed by atoms with Crippen molar-refractivity contribution in [1.82, 2.24) is 0 Å². The van der Waals surface area contributed by atoms with Crippen LogP contribution < -0.4 is 4.90 Å². The van der Waals surface area contributed by atoms with E-state index in [0.717, 1.165) is 12.8 Å². The van der Waals surface area contributed by atoms with E-state index < -0.39 is 0 Å². The molecule has 0 aliphatic rings. The fourth-order valence-electron chi connectivity index (χ4n) is 2.22. The van der Waals surface area contributed by atoms with Crippen molar-refractivity contribution in [3.8, 4) is 0 Å². The zero-order valence-electron chi connectivity index (χ0n) is 10.5. The zero-order valence-corrected chi connectivity index (χ0v) is 10.5. The van der Waals surface area contributed by atoms with E-state index in [1.165, 1.54) is 22.0 Å². The molecule has 0 radical (unpaired) electrons. The van der Waals surface area contributed by atoms with Gasteiger partial charge in [0.1, 0.15) is 0 Å². The number of nitrogens with zero attached hydrogens (tertiary/aromatic N) is 1. The molecule has 2 nitrogen and oxygen atoms in total. The quantitative estimate of drug-likeness (QED) is 0.871. The van der Waals surface area contributed by atoms with Gasteiger partial charge in [0, 0.05) is 31.8 Å². The normalized spacial score (nSPS) is 10.8. The molecular weight excluding hydrogens is 210 g/mol. The fraction of sp³-hybridized carbons (Fsp3) is 0.333. The summed E-state index contributed by atoms with van der Waals surface area (Å²) in [6.45, 7) is 0.254. The minimum absolute atomic E-state index is 0.254. The second kappa shape index (κ2) is 5.19. The number of fused-ring (bicyclic) bond motifs is 1. The van der Waals surface area contributed by atoms with Crippen LogP contribution in [-0.2, 0) is 6.42 Å². The van der Waals surface area contributed by atoms with E-state index in [2.05, 4.69) is 55.4 Å². The maximum absolute atomic E-state index is 8.93. The Bertz CT molecular complexity index is 505. The summed E-state index contributed by atoms with van der Waals surface area (Å²) in [5.74, 6) is 0. The van der Waals surface area contributed by atoms with Crippen LogP contribution >= 0.6 is 0 Å². The first kappa shape index (κ1) is 11.9. The summed E-state index contributed by atoms with van der Waals surface area (Å²) >= 11 is 0. The highest BCUT2D eigenvalue weighted by molar-refractivity contribution is 5.96. The van der Waals surface area contributed by atoms with E-state index in [-0.39, 0.29) is 6.61 Å². The van der Waals surface area contributed by atoms with Crippen molar-refractivity contribution in [2.45, 2.75) is 12.8 Å². The molecule has 0 saturated carbocycles. The Morgan fingerprint density at radius 3 is 2.35 bits per heavy atom. The average molecular weight is 229 g/mol. The van der Waals surface area contributed by atoms with E-state index in [4.69, 9.17) is 5.11 Å². The van der Waals surface area contributed by atoms with Crippen LogP contribution in [0.15, 0.2) is 36.4 Å². The summed E-state index contributed by atoms with van der Waals surface area (Å²) in [6.07, 6.45) is 1.76. The average Bonchev–Trinajstić information content (AvgIpc) is 2.35. The molecule has 0 heterocycles. The Balaban J connectivity index is 2.54. The summed E-state index contributed by atoms with van der Waals surface area (Å²) in [4.78, 5) is 2.14. The summed E-state index contributed by atoms with van der Waals surface area (Å²) in [6, 6.07) is 12.8. The first-order valence-electron chi connectivity index (χ1n) is 6.03. The Morgan fingerprint density at radius 2 is 1.71 bits per heavy atom. The second-order valence-corrected chi connectivity index (χ2v) is 4.51. The van der Waals surface area contributed by atoms with Crippen molar-refractivity contribution in [3.63, 3.8) is 0 Å². The van der Waals surface area contributed by atoms with Crippen molar-refractivity contribution >= 4 is 16.5 Å². The minimum Gasteiger partial charge on any atom is -0.396 e. The summed E-state index contributed by atoms with van der Waals surface area (Å²) < 4.78 is 0. The summed E-state index contributed by atoms with van der Waals surface area (Å²) in [5.41, 5.74) is 2.56. The fourth-order valence-corrected chi connectivity index (χ4v) is 2.22. The Hall–Kier alpha value is -1.54. The molecular formula is C15H19NO. The molecule has 2 heteroatoms. The SMILES string of the molecule is CN(C)c1ccc(CCCO)c2ccccc12. The predicted octanol–water partition coefficient (Wildman–Crippen LogP) is 2.83. The van der Waals surface area contributed by atoms with Crippen LogP contribution in [0.5, 0.6) is 0 Å². The highest BCUT2D eigenvalue weighted by Gasteiger charge is 2.06. The summed E-state index contributed by atoms with van der Waals surface area (Å²) in [5, 5.41) is 11.5. The predicted molar refractivity (Wildman–Crippen MR) is 73.7 cm³/mol. The van der Waals surface area contributed by atoms with Gasteiger partial charge in [0.25, 0.3) is 0 Å².